The number of allylic oxidation sites excluding steroid dienone is 7. The fourth-order valence-corrected chi connectivity index (χ4v) is 5.66. The van der Waals surface area contributed by atoms with E-state index in [2.05, 4.69) is 53.3 Å². The van der Waals surface area contributed by atoms with E-state index in [4.69, 9.17) is 17.0 Å². The van der Waals surface area contributed by atoms with Crippen LogP contribution in [-0.2, 0) is 9.53 Å². The lowest BCUT2D eigenvalue weighted by Crippen LogP contribution is -2.39. The van der Waals surface area contributed by atoms with Gasteiger partial charge in [-0.1, -0.05) is 57.3 Å². The summed E-state index contributed by atoms with van der Waals surface area (Å²) in [5, 5.41) is 2.91. The molecule has 8 heteroatoms. The van der Waals surface area contributed by atoms with Crippen LogP contribution < -0.4 is 5.32 Å². The van der Waals surface area contributed by atoms with E-state index < -0.39 is 0 Å². The van der Waals surface area contributed by atoms with Crippen molar-refractivity contribution >= 4 is 23.6 Å². The van der Waals surface area contributed by atoms with Crippen LogP contribution in [0.5, 0.6) is 0 Å². The van der Waals surface area contributed by atoms with Crippen LogP contribution in [0.25, 0.3) is 0 Å². The van der Waals surface area contributed by atoms with Gasteiger partial charge in [-0.25, -0.2) is 0 Å². The summed E-state index contributed by atoms with van der Waals surface area (Å²) in [4.78, 5) is 21.3. The highest BCUT2D eigenvalue weighted by Gasteiger charge is 2.26. The minimum absolute atomic E-state index is 0.110. The van der Waals surface area contributed by atoms with Gasteiger partial charge in [0.25, 0.3) is 0 Å². The summed E-state index contributed by atoms with van der Waals surface area (Å²) in [5.74, 6) is 0.110. The van der Waals surface area contributed by atoms with Crippen molar-refractivity contribution in [1.29, 1.82) is 0 Å². The third-order valence-electron chi connectivity index (χ3n) is 8.11. The van der Waals surface area contributed by atoms with Crippen LogP contribution in [0.1, 0.15) is 79.1 Å². The van der Waals surface area contributed by atoms with Crippen LogP contribution >= 0.6 is 12.2 Å². The Bertz CT molecular complexity index is 977. The van der Waals surface area contributed by atoms with Crippen molar-refractivity contribution in [3.8, 4) is 0 Å². The van der Waals surface area contributed by atoms with Gasteiger partial charge < -0.3 is 29.7 Å². The average molecular weight is 642 g/mol. The molecular formula is C37H63N5O2S. The predicted molar refractivity (Wildman–Crippen MR) is 197 cm³/mol. The van der Waals surface area contributed by atoms with Crippen molar-refractivity contribution < 1.29 is 9.53 Å². The molecular weight excluding hydrogens is 579 g/mol. The summed E-state index contributed by atoms with van der Waals surface area (Å²) >= 11 is 4.69. The fourth-order valence-electron chi connectivity index (χ4n) is 5.52. The number of morpholine rings is 1. The standard InChI is InChI=1S/C17H28N2O.C11H16N2OS.C9H19N/c1-6-7-10-17(14(2)3)19(15(4)20)16-9-8-12-18(5)13-11-16;1-2-11(12-10-15)4-3-5-13-6-8-14-9-7-13;1-2-3-7-10-8-5-4-6-9-10/h6-7,10,16H,2,8-9,11-13H2,1,3-5H3;2-5,10H,1,6-9H2,(H,12,15);2-9H2,1H3/b7-6-,17-10+;5-3+,11-4+;. The SMILES string of the molecule is C=C(C)/C(=C\C=C/C)N(C(C)=O)C1CCCN(C)CC1.C=C/C(=C\C=C\N1CCOCC1)NC=S.CCCCN1CCCCC1. The number of carbonyl (C=O) groups excluding carboxylic acids is 1. The molecule has 0 aromatic heterocycles. The number of carbonyl (C=O) groups is 1. The molecule has 3 fully saturated rings. The number of rotatable bonds is 12. The Morgan fingerprint density at radius 2 is 1.71 bits per heavy atom. The molecule has 3 heterocycles. The lowest BCUT2D eigenvalue weighted by atomic mass is 10.0. The highest BCUT2D eigenvalue weighted by Crippen LogP contribution is 2.24. The lowest BCUT2D eigenvalue weighted by molar-refractivity contribution is -0.129. The second-order valence-electron chi connectivity index (χ2n) is 12.0. The monoisotopic (exact) mass is 641 g/mol. The maximum atomic E-state index is 12.2. The normalized spacial score (nSPS) is 20.4. The van der Waals surface area contributed by atoms with E-state index in [0.29, 0.717) is 0 Å². The van der Waals surface area contributed by atoms with Gasteiger partial charge in [0.05, 0.1) is 18.7 Å². The van der Waals surface area contributed by atoms with Gasteiger partial charge in [-0.15, -0.1) is 0 Å². The number of unbranched alkanes of at least 4 members (excludes halogenated alkanes) is 1. The van der Waals surface area contributed by atoms with E-state index in [1.165, 1.54) is 57.2 Å². The summed E-state index contributed by atoms with van der Waals surface area (Å²) in [7, 11) is 2.15. The molecule has 3 saturated heterocycles. The summed E-state index contributed by atoms with van der Waals surface area (Å²) in [6, 6.07) is 0.283. The van der Waals surface area contributed by atoms with E-state index in [1.807, 2.05) is 49.1 Å². The number of likely N-dealkylation sites (tertiary alicyclic amines) is 2. The molecule has 1 unspecified atom stereocenters. The predicted octanol–water partition coefficient (Wildman–Crippen LogP) is 7.08. The minimum Gasteiger partial charge on any atom is -0.378 e. The zero-order valence-electron chi connectivity index (χ0n) is 29.1. The third-order valence-corrected chi connectivity index (χ3v) is 8.23. The molecule has 3 aliphatic heterocycles. The largest absolute Gasteiger partial charge is 0.378 e. The quantitative estimate of drug-likeness (QED) is 0.181. The van der Waals surface area contributed by atoms with Gasteiger partial charge in [-0.2, -0.15) is 0 Å². The van der Waals surface area contributed by atoms with E-state index in [-0.39, 0.29) is 11.9 Å². The van der Waals surface area contributed by atoms with Gasteiger partial charge in [0, 0.05) is 37.4 Å². The first-order valence-electron chi connectivity index (χ1n) is 17.0. The Morgan fingerprint density at radius 3 is 2.29 bits per heavy atom. The molecule has 7 nitrogen and oxygen atoms in total. The van der Waals surface area contributed by atoms with Crippen molar-refractivity contribution in [2.75, 3.05) is 66.1 Å². The van der Waals surface area contributed by atoms with Crippen molar-refractivity contribution in [2.24, 2.45) is 0 Å². The van der Waals surface area contributed by atoms with Crippen LogP contribution in [0.3, 0.4) is 0 Å². The number of amides is 1. The molecule has 0 bridgehead atoms. The number of ether oxygens (including phenoxy) is 1. The van der Waals surface area contributed by atoms with E-state index in [1.54, 1.807) is 13.0 Å². The van der Waals surface area contributed by atoms with Crippen molar-refractivity contribution in [1.82, 2.24) is 24.9 Å². The maximum Gasteiger partial charge on any atom is 0.224 e. The maximum absolute atomic E-state index is 12.2. The Hall–Kier alpha value is -2.52. The zero-order valence-corrected chi connectivity index (χ0v) is 30.0. The topological polar surface area (TPSA) is 51.3 Å². The summed E-state index contributed by atoms with van der Waals surface area (Å²) in [6.45, 7) is 25.3. The summed E-state index contributed by atoms with van der Waals surface area (Å²) in [6.07, 6.45) is 23.9. The second kappa shape index (κ2) is 25.6. The first-order valence-corrected chi connectivity index (χ1v) is 17.5. The molecule has 3 aliphatic rings. The van der Waals surface area contributed by atoms with E-state index >= 15 is 0 Å². The molecule has 1 atom stereocenters. The Kier molecular flexibility index (Phi) is 23.1. The average Bonchev–Trinajstić information content (AvgIpc) is 3.26. The fraction of sp³-hybridized carbons (Fsp3) is 0.622. The van der Waals surface area contributed by atoms with Crippen molar-refractivity contribution in [2.45, 2.75) is 85.1 Å². The molecule has 45 heavy (non-hydrogen) atoms. The highest BCUT2D eigenvalue weighted by molar-refractivity contribution is 7.78. The van der Waals surface area contributed by atoms with Gasteiger partial charge in [0.1, 0.15) is 0 Å². The van der Waals surface area contributed by atoms with E-state index in [0.717, 1.165) is 75.6 Å². The number of thiocarbonyl (C=S) groups is 1. The smallest absolute Gasteiger partial charge is 0.224 e. The number of nitrogens with zero attached hydrogens (tertiary/aromatic N) is 4. The molecule has 0 saturated carbocycles. The van der Waals surface area contributed by atoms with Crippen molar-refractivity contribution in [3.63, 3.8) is 0 Å². The molecule has 3 rings (SSSR count). The highest BCUT2D eigenvalue weighted by atomic mass is 32.1. The first kappa shape index (κ1) is 40.5. The van der Waals surface area contributed by atoms with Gasteiger partial charge >= 0.3 is 0 Å². The zero-order chi connectivity index (χ0) is 33.3. The van der Waals surface area contributed by atoms with Crippen LogP contribution in [0.2, 0.25) is 0 Å². The van der Waals surface area contributed by atoms with Crippen LogP contribution in [0.4, 0.5) is 0 Å². The summed E-state index contributed by atoms with van der Waals surface area (Å²) in [5.41, 5.74) is 4.26. The van der Waals surface area contributed by atoms with Crippen LogP contribution in [0.15, 0.2) is 72.8 Å². The first-order chi connectivity index (χ1) is 21.8. The lowest BCUT2D eigenvalue weighted by Gasteiger charge is -2.32. The third kappa shape index (κ3) is 18.3. The Balaban J connectivity index is 0.000000357. The second-order valence-corrected chi connectivity index (χ2v) is 12.2. The number of hydrogen-bond acceptors (Lipinski definition) is 6. The Labute approximate surface area is 281 Å². The van der Waals surface area contributed by atoms with E-state index in [9.17, 15) is 4.79 Å². The van der Waals surface area contributed by atoms with Crippen LogP contribution in [-0.4, -0.2) is 103 Å². The molecule has 0 spiro atoms. The number of piperidine rings is 1. The number of nitrogens with one attached hydrogen (secondary N) is 1. The Morgan fingerprint density at radius 1 is 1.00 bits per heavy atom. The van der Waals surface area contributed by atoms with Gasteiger partial charge in [-0.3, -0.25) is 4.79 Å². The van der Waals surface area contributed by atoms with Gasteiger partial charge in [0.2, 0.25) is 5.91 Å². The summed E-state index contributed by atoms with van der Waals surface area (Å²) < 4.78 is 5.25. The van der Waals surface area contributed by atoms with Gasteiger partial charge in [0.15, 0.2) is 0 Å². The molecule has 1 N–H and O–H groups in total. The molecule has 1 amide bonds. The molecule has 0 aromatic carbocycles. The van der Waals surface area contributed by atoms with Crippen molar-refractivity contribution in [3.05, 3.63) is 72.8 Å². The minimum atomic E-state index is 0.110. The number of hydrogen-bond donors (Lipinski definition) is 1. The molecule has 254 valence electrons. The van der Waals surface area contributed by atoms with Crippen LogP contribution in [0, 0.1) is 0 Å². The van der Waals surface area contributed by atoms with Gasteiger partial charge in [-0.05, 0) is 128 Å². The molecule has 0 aromatic rings. The molecule has 0 aliphatic carbocycles. The molecule has 0 radical (unpaired) electrons.